The van der Waals surface area contributed by atoms with Crippen LogP contribution in [0.15, 0.2) is 91.3 Å². The summed E-state index contributed by atoms with van der Waals surface area (Å²) in [4.78, 5) is 21.6. The molecule has 3 aromatic carbocycles. The number of aryl methyl sites for hydroxylation is 5. The molecule has 1 amide bonds. The summed E-state index contributed by atoms with van der Waals surface area (Å²) in [6, 6.07) is 27.0. The lowest BCUT2D eigenvalue weighted by Gasteiger charge is -2.52. The molecule has 2 aliphatic rings. The van der Waals surface area contributed by atoms with Crippen molar-refractivity contribution in [3.05, 3.63) is 147 Å². The fourth-order valence-corrected chi connectivity index (χ4v) is 9.21. The number of rotatable bonds is 11. The average Bonchev–Trinajstić information content (AvgIpc) is 3.22. The Morgan fingerprint density at radius 3 is 2.31 bits per heavy atom. The molecule has 0 bridgehead atoms. The van der Waals surface area contributed by atoms with E-state index in [1.165, 1.54) is 22.3 Å². The van der Waals surface area contributed by atoms with Gasteiger partial charge in [-0.3, -0.25) is 9.78 Å². The molecule has 1 saturated carbocycles. The highest BCUT2D eigenvalue weighted by Gasteiger charge is 2.51. The molecule has 2 N–H and O–H groups in total. The Labute approximate surface area is 352 Å². The Kier molecular flexibility index (Phi) is 14.0. The van der Waals surface area contributed by atoms with E-state index in [-0.39, 0.29) is 17.4 Å². The Bertz CT molecular complexity index is 2270. The lowest BCUT2D eigenvalue weighted by atomic mass is 9.52. The fourth-order valence-electron chi connectivity index (χ4n) is 9.21. The number of carbonyl (C=O) groups excluding carboxylic acids is 1. The van der Waals surface area contributed by atoms with Gasteiger partial charge in [0.1, 0.15) is 17.1 Å². The first-order chi connectivity index (χ1) is 28.4. The number of pyridine rings is 2. The van der Waals surface area contributed by atoms with Crippen molar-refractivity contribution in [1.29, 1.82) is 0 Å². The zero-order valence-corrected chi connectivity index (χ0v) is 36.2. The molecule has 7 nitrogen and oxygen atoms in total. The number of fused-ring (bicyclic) bond motifs is 3. The summed E-state index contributed by atoms with van der Waals surface area (Å²) >= 11 is 0. The predicted molar refractivity (Wildman–Crippen MR) is 237 cm³/mol. The smallest absolute Gasteiger partial charge is 0.251 e. The third-order valence-electron chi connectivity index (χ3n) is 12.3. The molecule has 5 aromatic rings. The van der Waals surface area contributed by atoms with Crippen molar-refractivity contribution < 1.29 is 19.4 Å². The van der Waals surface area contributed by atoms with Gasteiger partial charge < -0.3 is 19.9 Å². The van der Waals surface area contributed by atoms with Gasteiger partial charge in [-0.1, -0.05) is 73.9 Å². The molecule has 2 heterocycles. The number of nitrogens with one attached hydrogen (secondary N) is 1. The molecule has 2 aromatic heterocycles. The number of aliphatic hydroxyl groups is 1. The van der Waals surface area contributed by atoms with Crippen molar-refractivity contribution in [2.45, 2.75) is 130 Å². The average molecular weight is 792 g/mol. The van der Waals surface area contributed by atoms with Crippen molar-refractivity contribution in [2.75, 3.05) is 0 Å². The molecule has 308 valence electrons. The zero-order valence-electron chi connectivity index (χ0n) is 36.2. The van der Waals surface area contributed by atoms with Crippen LogP contribution in [0.4, 0.5) is 0 Å². The Hall–Kier alpha value is -5.45. The minimum absolute atomic E-state index is 0.0529. The second-order valence-corrected chi connectivity index (χ2v) is 16.7. The van der Waals surface area contributed by atoms with E-state index >= 15 is 0 Å². The maximum Gasteiger partial charge on any atom is 0.251 e. The lowest BCUT2D eigenvalue weighted by Crippen LogP contribution is -2.51. The molecule has 0 radical (unpaired) electrons. The molecular formula is C52H61N3O4. The van der Waals surface area contributed by atoms with Gasteiger partial charge in [0.05, 0.1) is 11.7 Å². The van der Waals surface area contributed by atoms with Gasteiger partial charge in [0.25, 0.3) is 5.91 Å². The van der Waals surface area contributed by atoms with Crippen LogP contribution in [0.2, 0.25) is 0 Å². The van der Waals surface area contributed by atoms with Crippen LogP contribution in [0.5, 0.6) is 17.4 Å². The van der Waals surface area contributed by atoms with E-state index in [1.807, 2.05) is 38.1 Å². The summed E-state index contributed by atoms with van der Waals surface area (Å²) < 4.78 is 12.4. The van der Waals surface area contributed by atoms with Crippen molar-refractivity contribution in [3.8, 4) is 29.2 Å². The van der Waals surface area contributed by atoms with E-state index in [0.29, 0.717) is 36.7 Å². The van der Waals surface area contributed by atoms with Crippen molar-refractivity contribution in [3.63, 3.8) is 0 Å². The monoisotopic (exact) mass is 791 g/mol. The molecule has 7 rings (SSSR count). The second-order valence-electron chi connectivity index (χ2n) is 16.7. The Morgan fingerprint density at radius 2 is 1.63 bits per heavy atom. The van der Waals surface area contributed by atoms with Crippen molar-refractivity contribution in [1.82, 2.24) is 15.3 Å². The van der Waals surface area contributed by atoms with E-state index in [1.54, 1.807) is 19.3 Å². The minimum atomic E-state index is -0.899. The number of carbonyl (C=O) groups is 1. The third-order valence-corrected chi connectivity index (χ3v) is 12.3. The predicted octanol–water partition coefficient (Wildman–Crippen LogP) is 11.0. The number of ether oxygens (including phenoxy) is 2. The first kappa shape index (κ1) is 43.1. The number of hydrogen-bond acceptors (Lipinski definition) is 6. The number of benzene rings is 3. The summed E-state index contributed by atoms with van der Waals surface area (Å²) in [5, 5.41) is 14.2. The van der Waals surface area contributed by atoms with Crippen LogP contribution in [-0.4, -0.2) is 32.7 Å². The molecule has 0 spiro atoms. The van der Waals surface area contributed by atoms with E-state index in [9.17, 15) is 9.90 Å². The van der Waals surface area contributed by atoms with E-state index in [2.05, 4.69) is 116 Å². The molecule has 3 atom stereocenters. The molecule has 0 unspecified atom stereocenters. The minimum Gasteiger partial charge on any atom is -0.490 e. The van der Waals surface area contributed by atoms with Crippen LogP contribution < -0.4 is 14.8 Å². The van der Waals surface area contributed by atoms with Crippen LogP contribution >= 0.6 is 0 Å². The largest absolute Gasteiger partial charge is 0.490 e. The fraction of sp³-hybridized carbons (Fsp3) is 0.404. The normalized spacial score (nSPS) is 19.3. The van der Waals surface area contributed by atoms with Crippen LogP contribution in [0.1, 0.15) is 120 Å². The first-order valence-corrected chi connectivity index (χ1v) is 21.3. The summed E-state index contributed by atoms with van der Waals surface area (Å²) in [5.74, 6) is 8.73. The molecule has 7 heteroatoms. The maximum atomic E-state index is 12.9. The van der Waals surface area contributed by atoms with Crippen LogP contribution in [0, 0.1) is 52.4 Å². The summed E-state index contributed by atoms with van der Waals surface area (Å²) in [6.45, 7) is 16.8. The molecule has 0 saturated heterocycles. The molecule has 1 fully saturated rings. The highest BCUT2D eigenvalue weighted by atomic mass is 16.5. The summed E-state index contributed by atoms with van der Waals surface area (Å²) in [5.41, 5.74) is 10.0. The number of hydrogen-bond donors (Lipinski definition) is 2. The van der Waals surface area contributed by atoms with Gasteiger partial charge >= 0.3 is 0 Å². The number of aromatic nitrogens is 2. The number of nitrogens with zero attached hydrogens (tertiary/aromatic N) is 2. The second kappa shape index (κ2) is 19.1. The van der Waals surface area contributed by atoms with Crippen LogP contribution in [-0.2, 0) is 24.8 Å². The summed E-state index contributed by atoms with van der Waals surface area (Å²) in [7, 11) is 0. The third kappa shape index (κ3) is 10.2. The first-order valence-electron chi connectivity index (χ1n) is 21.3. The van der Waals surface area contributed by atoms with E-state index < -0.39 is 5.60 Å². The van der Waals surface area contributed by atoms with Crippen LogP contribution in [0.25, 0.3) is 0 Å². The Morgan fingerprint density at radius 1 is 0.915 bits per heavy atom. The molecular weight excluding hydrogens is 731 g/mol. The molecule has 2 aliphatic carbocycles. The highest BCUT2D eigenvalue weighted by Crippen LogP contribution is 2.54. The SMILES string of the molecule is CC#C[C@@]1(O)CC[C@@]2(Cc3ccccc3)c3ccc(C(=O)NCc4ccncc4)cc3CC[C@@H]2C1.CCC(CC)Oc1cc(C)nc(Oc2c(C)cc(C)cc2C)c1C. The van der Waals surface area contributed by atoms with Gasteiger partial charge in [-0.15, -0.1) is 5.92 Å². The molecule has 0 aliphatic heterocycles. The summed E-state index contributed by atoms with van der Waals surface area (Å²) in [6.07, 6.45) is 10.8. The van der Waals surface area contributed by atoms with E-state index in [0.717, 1.165) is 78.0 Å². The maximum absolute atomic E-state index is 12.9. The van der Waals surface area contributed by atoms with Crippen molar-refractivity contribution >= 4 is 5.91 Å². The van der Waals surface area contributed by atoms with Crippen LogP contribution in [0.3, 0.4) is 0 Å². The zero-order chi connectivity index (χ0) is 42.2. The Balaban J connectivity index is 0.000000214. The standard InChI is InChI=1S/C31H32N2O2.C21H29NO2/c1-2-14-30(35)15-16-31(20-23-6-4-3-5-7-23)27(21-30)10-8-25-19-26(9-11-28(25)31)29(34)33-22-24-12-17-32-18-13-24;1-8-18(9-2)23-19-12-16(6)22-21(17(19)7)24-20-14(4)10-13(3)11-15(20)5/h3-7,9,11-13,17-19,27,35H,8,10,15-16,20-22H2,1H3,(H,33,34);10-12,18H,8-9H2,1-7H3/t27-,30-,31+;/m1./s1. The highest BCUT2D eigenvalue weighted by molar-refractivity contribution is 5.94. The number of amides is 1. The lowest BCUT2D eigenvalue weighted by molar-refractivity contribution is -0.00801. The van der Waals surface area contributed by atoms with Gasteiger partial charge in [-0.05, 0) is 156 Å². The van der Waals surface area contributed by atoms with Gasteiger partial charge in [0.15, 0.2) is 0 Å². The quantitative estimate of drug-likeness (QED) is 0.129. The van der Waals surface area contributed by atoms with Crippen molar-refractivity contribution in [2.24, 2.45) is 5.92 Å². The van der Waals surface area contributed by atoms with Gasteiger partial charge in [-0.2, -0.15) is 0 Å². The topological polar surface area (TPSA) is 93.6 Å². The van der Waals surface area contributed by atoms with E-state index in [4.69, 9.17) is 9.47 Å². The van der Waals surface area contributed by atoms with Gasteiger partial charge in [-0.25, -0.2) is 4.98 Å². The van der Waals surface area contributed by atoms with Gasteiger partial charge in [0, 0.05) is 41.7 Å². The molecule has 59 heavy (non-hydrogen) atoms. The van der Waals surface area contributed by atoms with Gasteiger partial charge in [0.2, 0.25) is 5.88 Å².